The molecule has 0 aliphatic heterocycles. The summed E-state index contributed by atoms with van der Waals surface area (Å²) < 4.78 is 1.12. The first-order chi connectivity index (χ1) is 9.60. The third-order valence-corrected chi connectivity index (χ3v) is 4.78. The summed E-state index contributed by atoms with van der Waals surface area (Å²) in [7, 11) is 0. The van der Waals surface area contributed by atoms with E-state index in [2.05, 4.69) is 84.5 Å². The van der Waals surface area contributed by atoms with E-state index in [1.54, 1.807) is 0 Å². The second kappa shape index (κ2) is 7.30. The molecule has 20 heavy (non-hydrogen) atoms. The molecule has 2 rings (SSSR count). The van der Waals surface area contributed by atoms with Gasteiger partial charge in [-0.05, 0) is 50.2 Å². The lowest BCUT2D eigenvalue weighted by atomic mass is 10.1. The van der Waals surface area contributed by atoms with Crippen molar-refractivity contribution in [3.05, 3.63) is 58.1 Å². The summed E-state index contributed by atoms with van der Waals surface area (Å²) in [5.74, 6) is 0. The van der Waals surface area contributed by atoms with Gasteiger partial charge in [-0.2, -0.15) is 0 Å². The predicted octanol–water partition coefficient (Wildman–Crippen LogP) is 5.58. The summed E-state index contributed by atoms with van der Waals surface area (Å²) in [6.45, 7) is 7.45. The van der Waals surface area contributed by atoms with E-state index in [9.17, 15) is 0 Å². The summed E-state index contributed by atoms with van der Waals surface area (Å²) in [5.41, 5.74) is 2.64. The van der Waals surface area contributed by atoms with Crippen LogP contribution in [-0.2, 0) is 0 Å². The molecule has 0 aliphatic carbocycles. The quantitative estimate of drug-likeness (QED) is 0.756. The van der Waals surface area contributed by atoms with E-state index in [1.807, 2.05) is 11.8 Å². The number of hydrogen-bond acceptors (Lipinski definition) is 2. The highest BCUT2D eigenvalue weighted by Crippen LogP contribution is 2.35. The van der Waals surface area contributed by atoms with Crippen LogP contribution in [0.1, 0.15) is 31.0 Å². The smallest absolute Gasteiger partial charge is 0.0302 e. The van der Waals surface area contributed by atoms with Gasteiger partial charge >= 0.3 is 0 Å². The Kier molecular flexibility index (Phi) is 5.70. The van der Waals surface area contributed by atoms with Crippen molar-refractivity contribution in [1.82, 2.24) is 5.32 Å². The molecule has 0 radical (unpaired) electrons. The first-order valence-electron chi connectivity index (χ1n) is 6.87. The molecular formula is C17H20BrNS. The number of halogens is 1. The molecule has 1 unspecified atom stereocenters. The fraction of sp³-hybridized carbons (Fsp3) is 0.294. The fourth-order valence-electron chi connectivity index (χ4n) is 2.10. The molecule has 0 heterocycles. The largest absolute Gasteiger partial charge is 0.310 e. The molecule has 1 N–H and O–H groups in total. The van der Waals surface area contributed by atoms with E-state index in [0.717, 1.165) is 11.0 Å². The van der Waals surface area contributed by atoms with Crippen molar-refractivity contribution in [1.29, 1.82) is 0 Å². The Morgan fingerprint density at radius 3 is 2.50 bits per heavy atom. The van der Waals surface area contributed by atoms with Crippen LogP contribution in [0.3, 0.4) is 0 Å². The monoisotopic (exact) mass is 349 g/mol. The summed E-state index contributed by atoms with van der Waals surface area (Å²) in [5, 5.41) is 3.49. The molecule has 2 aromatic carbocycles. The van der Waals surface area contributed by atoms with Crippen LogP contribution in [0.25, 0.3) is 0 Å². The maximum atomic E-state index is 3.58. The molecule has 3 heteroatoms. The third-order valence-electron chi connectivity index (χ3n) is 3.20. The molecular weight excluding hydrogens is 330 g/mol. The first kappa shape index (κ1) is 15.6. The Bertz CT molecular complexity index is 566. The van der Waals surface area contributed by atoms with Gasteiger partial charge in [0.1, 0.15) is 0 Å². The van der Waals surface area contributed by atoms with Crippen molar-refractivity contribution in [2.24, 2.45) is 0 Å². The van der Waals surface area contributed by atoms with Crippen LogP contribution in [0.4, 0.5) is 0 Å². The molecule has 1 atom stereocenters. The lowest BCUT2D eigenvalue weighted by Crippen LogP contribution is -2.18. The highest BCUT2D eigenvalue weighted by Gasteiger charge is 2.11. The maximum Gasteiger partial charge on any atom is 0.0302 e. The molecule has 0 spiro atoms. The van der Waals surface area contributed by atoms with Crippen LogP contribution >= 0.6 is 27.7 Å². The van der Waals surface area contributed by atoms with Gasteiger partial charge in [-0.3, -0.25) is 0 Å². The van der Waals surface area contributed by atoms with Crippen LogP contribution in [0.2, 0.25) is 0 Å². The van der Waals surface area contributed by atoms with Gasteiger partial charge < -0.3 is 5.32 Å². The second-order valence-electron chi connectivity index (χ2n) is 4.88. The van der Waals surface area contributed by atoms with Crippen LogP contribution in [0.15, 0.2) is 56.7 Å². The zero-order valence-corrected chi connectivity index (χ0v) is 14.5. The lowest BCUT2D eigenvalue weighted by Gasteiger charge is -2.17. The Labute approximate surface area is 134 Å². The van der Waals surface area contributed by atoms with Gasteiger partial charge in [0.15, 0.2) is 0 Å². The predicted molar refractivity (Wildman–Crippen MR) is 91.5 cm³/mol. The zero-order chi connectivity index (χ0) is 14.5. The van der Waals surface area contributed by atoms with E-state index in [-0.39, 0.29) is 0 Å². The number of benzene rings is 2. The second-order valence-corrected chi connectivity index (χ2v) is 6.91. The summed E-state index contributed by atoms with van der Waals surface area (Å²) in [6.07, 6.45) is 0. The molecule has 0 saturated carbocycles. The molecule has 2 aromatic rings. The molecule has 0 amide bonds. The Hall–Kier alpha value is -0.770. The van der Waals surface area contributed by atoms with Crippen molar-refractivity contribution in [3.8, 4) is 0 Å². The molecule has 0 aliphatic rings. The van der Waals surface area contributed by atoms with E-state index < -0.39 is 0 Å². The molecule has 0 bridgehead atoms. The Balaban J connectivity index is 2.29. The van der Waals surface area contributed by atoms with Gasteiger partial charge in [0, 0.05) is 20.3 Å². The van der Waals surface area contributed by atoms with E-state index in [4.69, 9.17) is 0 Å². The van der Waals surface area contributed by atoms with Crippen LogP contribution in [-0.4, -0.2) is 6.54 Å². The van der Waals surface area contributed by atoms with Gasteiger partial charge in [0.05, 0.1) is 0 Å². The van der Waals surface area contributed by atoms with Crippen LogP contribution < -0.4 is 5.32 Å². The number of nitrogens with one attached hydrogen (secondary N) is 1. The van der Waals surface area contributed by atoms with Crippen molar-refractivity contribution in [3.63, 3.8) is 0 Å². The minimum absolute atomic E-state index is 0.362. The van der Waals surface area contributed by atoms with Crippen molar-refractivity contribution in [2.45, 2.75) is 36.6 Å². The highest BCUT2D eigenvalue weighted by atomic mass is 79.9. The molecule has 0 aromatic heterocycles. The lowest BCUT2D eigenvalue weighted by molar-refractivity contribution is 0.589. The zero-order valence-electron chi connectivity index (χ0n) is 12.1. The average Bonchev–Trinajstić information content (AvgIpc) is 2.42. The molecule has 0 saturated heterocycles. The number of rotatable bonds is 5. The standard InChI is InChI=1S/C17H20BrNS/c1-4-19-13(3)16-10-7-14(18)11-17(16)20-15-8-5-12(2)6-9-15/h5-11,13,19H,4H2,1-3H3. The summed E-state index contributed by atoms with van der Waals surface area (Å²) >= 11 is 5.40. The topological polar surface area (TPSA) is 12.0 Å². The number of hydrogen-bond donors (Lipinski definition) is 1. The molecule has 0 fully saturated rings. The fourth-order valence-corrected chi connectivity index (χ4v) is 3.69. The van der Waals surface area contributed by atoms with Crippen LogP contribution in [0, 0.1) is 6.92 Å². The summed E-state index contributed by atoms with van der Waals surface area (Å²) in [4.78, 5) is 2.58. The number of aryl methyl sites for hydroxylation is 1. The third kappa shape index (κ3) is 4.11. The minimum Gasteiger partial charge on any atom is -0.310 e. The van der Waals surface area contributed by atoms with E-state index >= 15 is 0 Å². The minimum atomic E-state index is 0.362. The highest BCUT2D eigenvalue weighted by molar-refractivity contribution is 9.10. The SMILES string of the molecule is CCNC(C)c1ccc(Br)cc1Sc1ccc(C)cc1. The summed E-state index contributed by atoms with van der Waals surface area (Å²) in [6, 6.07) is 15.6. The van der Waals surface area contributed by atoms with Crippen molar-refractivity contribution < 1.29 is 0 Å². The average molecular weight is 350 g/mol. The molecule has 1 nitrogen and oxygen atoms in total. The molecule has 106 valence electrons. The van der Waals surface area contributed by atoms with E-state index in [0.29, 0.717) is 6.04 Å². The Morgan fingerprint density at radius 2 is 1.85 bits per heavy atom. The first-order valence-corrected chi connectivity index (χ1v) is 8.48. The Morgan fingerprint density at radius 1 is 1.15 bits per heavy atom. The van der Waals surface area contributed by atoms with Gasteiger partial charge in [0.25, 0.3) is 0 Å². The van der Waals surface area contributed by atoms with Crippen molar-refractivity contribution in [2.75, 3.05) is 6.54 Å². The van der Waals surface area contributed by atoms with E-state index in [1.165, 1.54) is 20.9 Å². The van der Waals surface area contributed by atoms with Gasteiger partial charge in [0.2, 0.25) is 0 Å². The maximum absolute atomic E-state index is 3.58. The van der Waals surface area contributed by atoms with Gasteiger partial charge in [-0.1, -0.05) is 58.4 Å². The normalized spacial score (nSPS) is 12.4. The van der Waals surface area contributed by atoms with Gasteiger partial charge in [-0.15, -0.1) is 0 Å². The van der Waals surface area contributed by atoms with Crippen molar-refractivity contribution >= 4 is 27.7 Å². The van der Waals surface area contributed by atoms with Gasteiger partial charge in [-0.25, -0.2) is 0 Å². The van der Waals surface area contributed by atoms with Crippen LogP contribution in [0.5, 0.6) is 0 Å².